The highest BCUT2D eigenvalue weighted by Gasteiger charge is 2.14. The highest BCUT2D eigenvalue weighted by Crippen LogP contribution is 2.36. The first-order chi connectivity index (χ1) is 14.4. The van der Waals surface area contributed by atoms with E-state index in [0.29, 0.717) is 46.2 Å². The Morgan fingerprint density at radius 2 is 1.97 bits per heavy atom. The molecule has 4 aromatic rings. The summed E-state index contributed by atoms with van der Waals surface area (Å²) in [6.45, 7) is 4.26. The zero-order valence-corrected chi connectivity index (χ0v) is 18.0. The van der Waals surface area contributed by atoms with E-state index in [1.165, 1.54) is 12.3 Å². The molecule has 30 heavy (non-hydrogen) atoms. The number of benzene rings is 3. The van der Waals surface area contributed by atoms with Gasteiger partial charge in [0.25, 0.3) is 0 Å². The molecule has 0 aliphatic rings. The van der Waals surface area contributed by atoms with Gasteiger partial charge in [0.2, 0.25) is 5.89 Å². The Morgan fingerprint density at radius 1 is 1.13 bits per heavy atom. The largest absolute Gasteiger partial charge is 0.507 e. The molecule has 152 valence electrons. The molecular formula is C23H19BrN2O4. The van der Waals surface area contributed by atoms with E-state index in [9.17, 15) is 10.2 Å². The van der Waals surface area contributed by atoms with Gasteiger partial charge in [0.05, 0.1) is 17.9 Å². The molecule has 2 N–H and O–H groups in total. The van der Waals surface area contributed by atoms with Crippen molar-refractivity contribution in [1.82, 2.24) is 4.98 Å². The SMILES string of the molecule is CCOc1cc(Br)cc(C=Nc2ccc(O)c(-c3nc4ccc(C)cc4o3)c2)c1O. The first-order valence-electron chi connectivity index (χ1n) is 9.34. The molecule has 0 unspecified atom stereocenters. The lowest BCUT2D eigenvalue weighted by Crippen LogP contribution is -1.94. The van der Waals surface area contributed by atoms with Gasteiger partial charge in [-0.1, -0.05) is 22.0 Å². The number of halogens is 1. The van der Waals surface area contributed by atoms with Gasteiger partial charge in [-0.25, -0.2) is 4.98 Å². The van der Waals surface area contributed by atoms with E-state index < -0.39 is 0 Å². The Bertz CT molecular complexity index is 1260. The van der Waals surface area contributed by atoms with Gasteiger partial charge in [0.1, 0.15) is 11.3 Å². The van der Waals surface area contributed by atoms with Crippen LogP contribution in [0.3, 0.4) is 0 Å². The lowest BCUT2D eigenvalue weighted by molar-refractivity contribution is 0.317. The van der Waals surface area contributed by atoms with Crippen molar-refractivity contribution in [3.05, 3.63) is 64.1 Å². The molecule has 0 aliphatic carbocycles. The summed E-state index contributed by atoms with van der Waals surface area (Å²) in [6, 6.07) is 14.1. The maximum absolute atomic E-state index is 10.4. The average Bonchev–Trinajstić information content (AvgIpc) is 3.13. The zero-order chi connectivity index (χ0) is 21.3. The second-order valence-electron chi connectivity index (χ2n) is 6.72. The number of hydrogen-bond donors (Lipinski definition) is 2. The van der Waals surface area contributed by atoms with Gasteiger partial charge < -0.3 is 19.4 Å². The molecule has 0 amide bonds. The summed E-state index contributed by atoms with van der Waals surface area (Å²) >= 11 is 3.41. The number of phenols is 2. The van der Waals surface area contributed by atoms with Crippen molar-refractivity contribution in [2.45, 2.75) is 13.8 Å². The lowest BCUT2D eigenvalue weighted by atomic mass is 10.1. The van der Waals surface area contributed by atoms with Gasteiger partial charge in [-0.15, -0.1) is 0 Å². The standard InChI is InChI=1S/C23H19BrN2O4/c1-3-29-21-10-15(24)9-14(22(21)28)12-25-16-5-7-19(27)17(11-16)23-26-18-6-4-13(2)8-20(18)30-23/h4-12,27-28H,3H2,1-2H3. The van der Waals surface area contributed by atoms with Crippen LogP contribution >= 0.6 is 15.9 Å². The molecule has 1 heterocycles. The Labute approximate surface area is 181 Å². The van der Waals surface area contributed by atoms with Crippen LogP contribution in [0, 0.1) is 6.92 Å². The molecule has 0 saturated carbocycles. The third kappa shape index (κ3) is 4.02. The topological polar surface area (TPSA) is 88.1 Å². The molecule has 0 aliphatic heterocycles. The number of aryl methyl sites for hydroxylation is 1. The first-order valence-corrected chi connectivity index (χ1v) is 10.1. The predicted molar refractivity (Wildman–Crippen MR) is 120 cm³/mol. The molecule has 0 bridgehead atoms. The highest BCUT2D eigenvalue weighted by molar-refractivity contribution is 9.10. The van der Waals surface area contributed by atoms with Crippen molar-refractivity contribution in [2.24, 2.45) is 4.99 Å². The van der Waals surface area contributed by atoms with Crippen LogP contribution in [0.15, 0.2) is 62.4 Å². The van der Waals surface area contributed by atoms with Gasteiger partial charge in [0.15, 0.2) is 17.1 Å². The number of fused-ring (bicyclic) bond motifs is 1. The highest BCUT2D eigenvalue weighted by atomic mass is 79.9. The molecule has 0 atom stereocenters. The molecule has 0 fully saturated rings. The van der Waals surface area contributed by atoms with Gasteiger partial charge in [0, 0.05) is 16.3 Å². The number of aromatic nitrogens is 1. The van der Waals surface area contributed by atoms with Crippen LogP contribution in [0.1, 0.15) is 18.1 Å². The minimum atomic E-state index is 0.0112. The number of aromatic hydroxyl groups is 2. The van der Waals surface area contributed by atoms with E-state index in [1.54, 1.807) is 24.3 Å². The summed E-state index contributed by atoms with van der Waals surface area (Å²) in [5.74, 6) is 0.744. The van der Waals surface area contributed by atoms with Crippen LogP contribution < -0.4 is 4.74 Å². The summed E-state index contributed by atoms with van der Waals surface area (Å²) in [6.07, 6.45) is 1.54. The zero-order valence-electron chi connectivity index (χ0n) is 16.4. The van der Waals surface area contributed by atoms with Crippen LogP contribution in [-0.2, 0) is 0 Å². The van der Waals surface area contributed by atoms with Gasteiger partial charge >= 0.3 is 0 Å². The van der Waals surface area contributed by atoms with Gasteiger partial charge in [-0.05, 0) is 61.9 Å². The molecule has 0 saturated heterocycles. The fraction of sp³-hybridized carbons (Fsp3) is 0.130. The van der Waals surface area contributed by atoms with Crippen molar-refractivity contribution in [3.63, 3.8) is 0 Å². The lowest BCUT2D eigenvalue weighted by Gasteiger charge is -2.08. The summed E-state index contributed by atoms with van der Waals surface area (Å²) < 4.78 is 12.0. The Balaban J connectivity index is 1.70. The van der Waals surface area contributed by atoms with Crippen LogP contribution in [0.2, 0.25) is 0 Å². The van der Waals surface area contributed by atoms with E-state index in [0.717, 1.165) is 10.0 Å². The second-order valence-corrected chi connectivity index (χ2v) is 7.64. The first kappa shape index (κ1) is 20.0. The third-order valence-electron chi connectivity index (χ3n) is 4.48. The minimum absolute atomic E-state index is 0.0112. The quantitative estimate of drug-likeness (QED) is 0.345. The maximum atomic E-state index is 10.4. The van der Waals surface area contributed by atoms with Gasteiger partial charge in [-0.2, -0.15) is 0 Å². The van der Waals surface area contributed by atoms with Gasteiger partial charge in [-0.3, -0.25) is 4.99 Å². The Hall–Kier alpha value is -3.32. The van der Waals surface area contributed by atoms with E-state index >= 15 is 0 Å². The minimum Gasteiger partial charge on any atom is -0.507 e. The van der Waals surface area contributed by atoms with Crippen molar-refractivity contribution in [1.29, 1.82) is 0 Å². The van der Waals surface area contributed by atoms with Crippen LogP contribution in [0.4, 0.5) is 5.69 Å². The summed E-state index contributed by atoms with van der Waals surface area (Å²) in [5.41, 5.74) is 3.94. The van der Waals surface area contributed by atoms with E-state index in [4.69, 9.17) is 9.15 Å². The molecule has 0 spiro atoms. The number of hydrogen-bond acceptors (Lipinski definition) is 6. The summed E-state index contributed by atoms with van der Waals surface area (Å²) in [5, 5.41) is 20.7. The number of phenolic OH excluding ortho intramolecular Hbond substituents is 2. The number of rotatable bonds is 5. The maximum Gasteiger partial charge on any atom is 0.231 e. The third-order valence-corrected chi connectivity index (χ3v) is 4.93. The monoisotopic (exact) mass is 466 g/mol. The fourth-order valence-corrected chi connectivity index (χ4v) is 3.48. The second kappa shape index (κ2) is 8.20. The molecule has 6 nitrogen and oxygen atoms in total. The van der Waals surface area contributed by atoms with E-state index in [1.807, 2.05) is 32.0 Å². The Morgan fingerprint density at radius 3 is 2.77 bits per heavy atom. The van der Waals surface area contributed by atoms with E-state index in [2.05, 4.69) is 25.9 Å². The van der Waals surface area contributed by atoms with E-state index in [-0.39, 0.29) is 11.5 Å². The smallest absolute Gasteiger partial charge is 0.231 e. The van der Waals surface area contributed by atoms with Crippen LogP contribution in [0.5, 0.6) is 17.2 Å². The van der Waals surface area contributed by atoms with Crippen molar-refractivity contribution >= 4 is 38.9 Å². The normalized spacial score (nSPS) is 11.4. The molecular weight excluding hydrogens is 448 g/mol. The number of ether oxygens (including phenoxy) is 1. The number of nitrogens with zero attached hydrogens (tertiary/aromatic N) is 2. The van der Waals surface area contributed by atoms with Crippen molar-refractivity contribution in [3.8, 4) is 28.7 Å². The predicted octanol–water partition coefficient (Wildman–Crippen LogP) is 6.13. The molecule has 4 rings (SSSR count). The Kier molecular flexibility index (Phi) is 5.46. The molecule has 1 aromatic heterocycles. The number of oxazole rings is 1. The summed E-state index contributed by atoms with van der Waals surface area (Å²) in [4.78, 5) is 8.89. The molecule has 7 heteroatoms. The molecule has 0 radical (unpaired) electrons. The van der Waals surface area contributed by atoms with Crippen molar-refractivity contribution < 1.29 is 19.4 Å². The summed E-state index contributed by atoms with van der Waals surface area (Å²) in [7, 11) is 0. The molecule has 3 aromatic carbocycles. The van der Waals surface area contributed by atoms with Crippen LogP contribution in [0.25, 0.3) is 22.6 Å². The fourth-order valence-electron chi connectivity index (χ4n) is 3.03. The average molecular weight is 467 g/mol. The van der Waals surface area contributed by atoms with Crippen LogP contribution in [-0.4, -0.2) is 28.0 Å². The number of aliphatic imine (C=N–C) groups is 1. The van der Waals surface area contributed by atoms with Crippen molar-refractivity contribution in [2.75, 3.05) is 6.61 Å².